The summed E-state index contributed by atoms with van der Waals surface area (Å²) in [6.45, 7) is 5.87. The lowest BCUT2D eigenvalue weighted by Gasteiger charge is -2.20. The van der Waals surface area contributed by atoms with Crippen LogP contribution < -0.4 is 4.74 Å². The number of fused-ring (bicyclic) bond motifs is 1. The number of nitrogens with one attached hydrogen (secondary N) is 1. The van der Waals surface area contributed by atoms with E-state index in [-0.39, 0.29) is 11.5 Å². The maximum atomic E-state index is 11.7. The molecule has 0 spiro atoms. The lowest BCUT2D eigenvalue weighted by molar-refractivity contribution is -0.123. The summed E-state index contributed by atoms with van der Waals surface area (Å²) < 4.78 is 5.87. The van der Waals surface area contributed by atoms with Gasteiger partial charge in [0.05, 0.1) is 5.39 Å². The van der Waals surface area contributed by atoms with E-state index in [1.807, 2.05) is 20.8 Å². The summed E-state index contributed by atoms with van der Waals surface area (Å²) in [6.07, 6.45) is 6.49. The molecule has 2 aromatic rings. The molecule has 112 valence electrons. The predicted molar refractivity (Wildman–Crippen MR) is 82.0 cm³/mol. The Morgan fingerprint density at radius 2 is 2.05 bits per heavy atom. The first kappa shape index (κ1) is 15.0. The van der Waals surface area contributed by atoms with Crippen LogP contribution in [0.1, 0.15) is 26.3 Å². The van der Waals surface area contributed by atoms with Gasteiger partial charge < -0.3 is 14.6 Å². The van der Waals surface area contributed by atoms with E-state index in [9.17, 15) is 4.79 Å². The Morgan fingerprint density at radius 1 is 1.33 bits per heavy atom. The monoisotopic (exact) mass is 288 g/mol. The molecule has 0 aromatic carbocycles. The average Bonchev–Trinajstić information content (AvgIpc) is 2.78. The highest BCUT2D eigenvalue weighted by atomic mass is 16.5. The SMILES string of the molecule is CN(C)C(=O)C=Cc1c[nH]c2ncnc(OC(C)(C)C)c12. The van der Waals surface area contributed by atoms with E-state index in [2.05, 4.69) is 15.0 Å². The average molecular weight is 288 g/mol. The zero-order chi connectivity index (χ0) is 15.6. The summed E-state index contributed by atoms with van der Waals surface area (Å²) in [5.74, 6) is 0.421. The summed E-state index contributed by atoms with van der Waals surface area (Å²) in [6, 6.07) is 0. The molecule has 2 heterocycles. The Morgan fingerprint density at radius 3 is 2.67 bits per heavy atom. The fraction of sp³-hybridized carbons (Fsp3) is 0.400. The zero-order valence-electron chi connectivity index (χ0n) is 13.0. The molecule has 21 heavy (non-hydrogen) atoms. The quantitative estimate of drug-likeness (QED) is 0.879. The second-order valence-electron chi connectivity index (χ2n) is 5.93. The van der Waals surface area contributed by atoms with Crippen molar-refractivity contribution in [2.24, 2.45) is 0 Å². The maximum Gasteiger partial charge on any atom is 0.246 e. The molecular weight excluding hydrogens is 268 g/mol. The second kappa shape index (κ2) is 5.55. The summed E-state index contributed by atoms with van der Waals surface area (Å²) >= 11 is 0. The third-order valence-corrected chi connectivity index (χ3v) is 2.71. The minimum absolute atomic E-state index is 0.0838. The van der Waals surface area contributed by atoms with Gasteiger partial charge in [-0.15, -0.1) is 0 Å². The van der Waals surface area contributed by atoms with E-state index >= 15 is 0 Å². The van der Waals surface area contributed by atoms with Crippen LogP contribution in [0.25, 0.3) is 17.1 Å². The minimum Gasteiger partial charge on any atom is -0.471 e. The molecule has 6 heteroatoms. The normalized spacial score (nSPS) is 12.0. The Kier molecular flexibility index (Phi) is 3.97. The van der Waals surface area contributed by atoms with Crippen molar-refractivity contribution in [3.63, 3.8) is 0 Å². The third kappa shape index (κ3) is 3.59. The van der Waals surface area contributed by atoms with Crippen LogP contribution in [0.2, 0.25) is 0 Å². The van der Waals surface area contributed by atoms with Crippen LogP contribution in [0.5, 0.6) is 5.88 Å². The highest BCUT2D eigenvalue weighted by molar-refractivity contribution is 5.96. The van der Waals surface area contributed by atoms with Crippen LogP contribution in [0.3, 0.4) is 0 Å². The van der Waals surface area contributed by atoms with Crippen molar-refractivity contribution in [2.75, 3.05) is 14.1 Å². The minimum atomic E-state index is -0.362. The highest BCUT2D eigenvalue weighted by Crippen LogP contribution is 2.28. The molecule has 0 radical (unpaired) electrons. The lowest BCUT2D eigenvalue weighted by Crippen LogP contribution is -2.23. The summed E-state index contributed by atoms with van der Waals surface area (Å²) in [5.41, 5.74) is 1.14. The fourth-order valence-corrected chi connectivity index (χ4v) is 1.77. The molecule has 0 fully saturated rings. The number of carbonyl (C=O) groups excluding carboxylic acids is 1. The van der Waals surface area contributed by atoms with Crippen LogP contribution in [0.4, 0.5) is 0 Å². The summed E-state index contributed by atoms with van der Waals surface area (Å²) in [4.78, 5) is 24.6. The number of hydrogen-bond donors (Lipinski definition) is 1. The molecule has 0 atom stereocenters. The van der Waals surface area contributed by atoms with Crippen molar-refractivity contribution in [3.05, 3.63) is 24.2 Å². The van der Waals surface area contributed by atoms with Gasteiger partial charge in [0.1, 0.15) is 17.6 Å². The first-order valence-electron chi connectivity index (χ1n) is 6.68. The first-order valence-corrected chi connectivity index (χ1v) is 6.68. The number of carbonyl (C=O) groups is 1. The molecule has 0 saturated heterocycles. The maximum absolute atomic E-state index is 11.7. The molecule has 0 bridgehead atoms. The predicted octanol–water partition coefficient (Wildman–Crippen LogP) is 2.24. The number of H-pyrrole nitrogens is 1. The van der Waals surface area contributed by atoms with Gasteiger partial charge in [-0.3, -0.25) is 4.79 Å². The lowest BCUT2D eigenvalue weighted by atomic mass is 10.2. The van der Waals surface area contributed by atoms with Crippen molar-refractivity contribution < 1.29 is 9.53 Å². The molecule has 0 saturated carbocycles. The second-order valence-corrected chi connectivity index (χ2v) is 5.93. The first-order chi connectivity index (χ1) is 9.78. The number of hydrogen-bond acceptors (Lipinski definition) is 4. The van der Waals surface area contributed by atoms with Crippen molar-refractivity contribution >= 4 is 23.0 Å². The van der Waals surface area contributed by atoms with E-state index in [4.69, 9.17) is 4.74 Å². The number of rotatable bonds is 3. The highest BCUT2D eigenvalue weighted by Gasteiger charge is 2.17. The summed E-state index contributed by atoms with van der Waals surface area (Å²) in [5, 5.41) is 0.773. The molecule has 0 aliphatic rings. The Balaban J connectivity index is 2.44. The Bertz CT molecular complexity index is 681. The van der Waals surface area contributed by atoms with E-state index in [1.165, 1.54) is 17.3 Å². The molecule has 2 rings (SSSR count). The standard InChI is InChI=1S/C15H20N4O2/c1-15(2,3)21-14-12-10(6-7-11(20)19(4)5)8-16-13(12)17-9-18-14/h6-9H,1-5H3,(H,16,17,18). The number of likely N-dealkylation sites (N-methyl/N-ethyl adjacent to an activating group) is 1. The molecule has 0 aliphatic carbocycles. The number of ether oxygens (including phenoxy) is 1. The zero-order valence-corrected chi connectivity index (χ0v) is 13.0. The number of nitrogens with zero attached hydrogens (tertiary/aromatic N) is 3. The van der Waals surface area contributed by atoms with Gasteiger partial charge in [-0.05, 0) is 26.8 Å². The van der Waals surface area contributed by atoms with E-state index < -0.39 is 0 Å². The van der Waals surface area contributed by atoms with Gasteiger partial charge in [-0.2, -0.15) is 0 Å². The Labute approximate surface area is 123 Å². The Hall–Kier alpha value is -2.37. The van der Waals surface area contributed by atoms with Crippen LogP contribution in [0.15, 0.2) is 18.6 Å². The van der Waals surface area contributed by atoms with Crippen LogP contribution >= 0.6 is 0 Å². The van der Waals surface area contributed by atoms with Gasteiger partial charge in [0.2, 0.25) is 11.8 Å². The topological polar surface area (TPSA) is 71.1 Å². The molecule has 0 unspecified atom stereocenters. The van der Waals surface area contributed by atoms with Crippen LogP contribution in [0, 0.1) is 0 Å². The van der Waals surface area contributed by atoms with Crippen molar-refractivity contribution in [3.8, 4) is 5.88 Å². The van der Waals surface area contributed by atoms with Gasteiger partial charge in [-0.25, -0.2) is 9.97 Å². The van der Waals surface area contributed by atoms with Gasteiger partial charge in [0, 0.05) is 31.9 Å². The van der Waals surface area contributed by atoms with E-state index in [1.54, 1.807) is 26.4 Å². The molecule has 2 aromatic heterocycles. The van der Waals surface area contributed by atoms with Gasteiger partial charge >= 0.3 is 0 Å². The molecular formula is C15H20N4O2. The largest absolute Gasteiger partial charge is 0.471 e. The molecule has 0 aliphatic heterocycles. The van der Waals surface area contributed by atoms with E-state index in [0.717, 1.165) is 10.9 Å². The molecule has 1 N–H and O–H groups in total. The van der Waals surface area contributed by atoms with Gasteiger partial charge in [-0.1, -0.05) is 0 Å². The van der Waals surface area contributed by atoms with Crippen molar-refractivity contribution in [1.82, 2.24) is 19.9 Å². The number of amides is 1. The van der Waals surface area contributed by atoms with E-state index in [0.29, 0.717) is 11.5 Å². The molecule has 6 nitrogen and oxygen atoms in total. The third-order valence-electron chi connectivity index (χ3n) is 2.71. The van der Waals surface area contributed by atoms with Crippen molar-refractivity contribution in [2.45, 2.75) is 26.4 Å². The van der Waals surface area contributed by atoms with Crippen LogP contribution in [-0.2, 0) is 4.79 Å². The van der Waals surface area contributed by atoms with Gasteiger partial charge in [0.15, 0.2) is 0 Å². The van der Waals surface area contributed by atoms with Gasteiger partial charge in [0.25, 0.3) is 0 Å². The smallest absolute Gasteiger partial charge is 0.246 e. The molecule has 1 amide bonds. The number of aromatic amines is 1. The fourth-order valence-electron chi connectivity index (χ4n) is 1.77. The van der Waals surface area contributed by atoms with Crippen molar-refractivity contribution in [1.29, 1.82) is 0 Å². The van der Waals surface area contributed by atoms with Crippen LogP contribution in [-0.4, -0.2) is 45.5 Å². The summed E-state index contributed by atoms with van der Waals surface area (Å²) in [7, 11) is 3.41. The number of aromatic nitrogens is 3.